The summed E-state index contributed by atoms with van der Waals surface area (Å²) < 4.78 is 10.8. The number of nitrogens with zero attached hydrogens (tertiary/aromatic N) is 2. The van der Waals surface area contributed by atoms with E-state index in [-0.39, 0.29) is 5.92 Å². The van der Waals surface area contributed by atoms with Crippen molar-refractivity contribution in [2.75, 3.05) is 13.2 Å². The van der Waals surface area contributed by atoms with E-state index in [1.165, 1.54) is 0 Å². The van der Waals surface area contributed by atoms with Crippen LogP contribution < -0.4 is 10.5 Å². The fourth-order valence-corrected chi connectivity index (χ4v) is 2.10. The standard InChI is InChI=1S/C15H21N3O2/c1-3-6-12(10-16)15-17-14(18-20-15)11-7-5-8-13(9-11)19-4-2/h5,7-9,12H,3-4,6,10,16H2,1-2H3. The third-order valence-electron chi connectivity index (χ3n) is 3.12. The van der Waals surface area contributed by atoms with Crippen LogP contribution in [0.5, 0.6) is 5.75 Å². The zero-order valence-corrected chi connectivity index (χ0v) is 12.0. The minimum absolute atomic E-state index is 0.135. The maximum atomic E-state index is 5.75. The van der Waals surface area contributed by atoms with Crippen LogP contribution in [0.4, 0.5) is 0 Å². The Hall–Kier alpha value is -1.88. The van der Waals surface area contributed by atoms with Gasteiger partial charge < -0.3 is 15.0 Å². The summed E-state index contributed by atoms with van der Waals surface area (Å²) >= 11 is 0. The second-order valence-electron chi connectivity index (χ2n) is 4.64. The Morgan fingerprint density at radius 1 is 1.35 bits per heavy atom. The Kier molecular flexibility index (Phi) is 5.12. The van der Waals surface area contributed by atoms with Crippen molar-refractivity contribution in [3.63, 3.8) is 0 Å². The van der Waals surface area contributed by atoms with Crippen molar-refractivity contribution >= 4 is 0 Å². The van der Waals surface area contributed by atoms with Gasteiger partial charge in [0, 0.05) is 12.1 Å². The Balaban J connectivity index is 2.21. The Bertz CT molecular complexity index is 539. The number of aromatic nitrogens is 2. The van der Waals surface area contributed by atoms with Gasteiger partial charge in [0.15, 0.2) is 0 Å². The third-order valence-corrected chi connectivity index (χ3v) is 3.12. The van der Waals surface area contributed by atoms with Gasteiger partial charge in [-0.2, -0.15) is 4.98 Å². The molecule has 1 unspecified atom stereocenters. The molecule has 0 bridgehead atoms. The summed E-state index contributed by atoms with van der Waals surface area (Å²) in [5, 5.41) is 4.04. The van der Waals surface area contributed by atoms with Crippen molar-refractivity contribution in [1.82, 2.24) is 10.1 Å². The van der Waals surface area contributed by atoms with Gasteiger partial charge in [0.2, 0.25) is 11.7 Å². The molecule has 0 aliphatic heterocycles. The van der Waals surface area contributed by atoms with Gasteiger partial charge in [-0.25, -0.2) is 0 Å². The zero-order valence-electron chi connectivity index (χ0n) is 12.0. The summed E-state index contributed by atoms with van der Waals surface area (Å²) in [6.07, 6.45) is 2.00. The van der Waals surface area contributed by atoms with E-state index < -0.39 is 0 Å². The minimum atomic E-state index is 0.135. The first-order chi connectivity index (χ1) is 9.78. The zero-order chi connectivity index (χ0) is 14.4. The van der Waals surface area contributed by atoms with Crippen LogP contribution in [0.1, 0.15) is 38.5 Å². The first-order valence-corrected chi connectivity index (χ1v) is 7.05. The van der Waals surface area contributed by atoms with Crippen LogP contribution in [0.2, 0.25) is 0 Å². The number of nitrogens with two attached hydrogens (primary N) is 1. The fraction of sp³-hybridized carbons (Fsp3) is 0.467. The molecule has 5 nitrogen and oxygen atoms in total. The molecule has 108 valence electrons. The molecule has 20 heavy (non-hydrogen) atoms. The molecule has 2 N–H and O–H groups in total. The summed E-state index contributed by atoms with van der Waals surface area (Å²) in [5.74, 6) is 2.14. The van der Waals surface area contributed by atoms with E-state index in [4.69, 9.17) is 15.0 Å². The highest BCUT2D eigenvalue weighted by Crippen LogP contribution is 2.24. The number of benzene rings is 1. The van der Waals surface area contributed by atoms with Crippen molar-refractivity contribution in [3.8, 4) is 17.1 Å². The van der Waals surface area contributed by atoms with Gasteiger partial charge in [-0.3, -0.25) is 0 Å². The summed E-state index contributed by atoms with van der Waals surface area (Å²) in [4.78, 5) is 4.46. The highest BCUT2D eigenvalue weighted by molar-refractivity contribution is 5.56. The third kappa shape index (κ3) is 3.36. The van der Waals surface area contributed by atoms with Crippen LogP contribution in [0.25, 0.3) is 11.4 Å². The number of hydrogen-bond acceptors (Lipinski definition) is 5. The Morgan fingerprint density at radius 2 is 2.20 bits per heavy atom. The molecule has 0 aliphatic carbocycles. The van der Waals surface area contributed by atoms with Crippen LogP contribution in [-0.4, -0.2) is 23.3 Å². The molecule has 0 fully saturated rings. The van der Waals surface area contributed by atoms with E-state index >= 15 is 0 Å². The van der Waals surface area contributed by atoms with Crippen LogP contribution in [0, 0.1) is 0 Å². The summed E-state index contributed by atoms with van der Waals surface area (Å²) in [6.45, 7) is 5.22. The van der Waals surface area contributed by atoms with E-state index in [1.54, 1.807) is 0 Å². The van der Waals surface area contributed by atoms with Crippen molar-refractivity contribution in [3.05, 3.63) is 30.2 Å². The molecule has 0 saturated carbocycles. The van der Waals surface area contributed by atoms with Gasteiger partial charge in [-0.05, 0) is 25.5 Å². The van der Waals surface area contributed by atoms with Gasteiger partial charge in [-0.1, -0.05) is 30.6 Å². The molecule has 2 rings (SSSR count). The molecule has 1 heterocycles. The van der Waals surface area contributed by atoms with Crippen molar-refractivity contribution < 1.29 is 9.26 Å². The smallest absolute Gasteiger partial charge is 0.231 e. The molecule has 1 aromatic carbocycles. The molecule has 0 radical (unpaired) electrons. The minimum Gasteiger partial charge on any atom is -0.494 e. The van der Waals surface area contributed by atoms with Crippen molar-refractivity contribution in [2.45, 2.75) is 32.6 Å². The predicted octanol–water partition coefficient (Wildman–Crippen LogP) is 2.98. The lowest BCUT2D eigenvalue weighted by Gasteiger charge is -2.06. The molecule has 0 spiro atoms. The van der Waals surface area contributed by atoms with E-state index in [0.29, 0.717) is 24.9 Å². The molecule has 0 saturated heterocycles. The Morgan fingerprint density at radius 3 is 2.90 bits per heavy atom. The summed E-state index contributed by atoms with van der Waals surface area (Å²) in [5.41, 5.74) is 6.64. The highest BCUT2D eigenvalue weighted by Gasteiger charge is 2.17. The first kappa shape index (κ1) is 14.5. The maximum Gasteiger partial charge on any atom is 0.231 e. The van der Waals surface area contributed by atoms with Crippen LogP contribution in [0.15, 0.2) is 28.8 Å². The van der Waals surface area contributed by atoms with E-state index in [2.05, 4.69) is 17.1 Å². The molecule has 2 aromatic rings. The van der Waals surface area contributed by atoms with Gasteiger partial charge >= 0.3 is 0 Å². The van der Waals surface area contributed by atoms with Crippen LogP contribution >= 0.6 is 0 Å². The van der Waals surface area contributed by atoms with E-state index in [9.17, 15) is 0 Å². The lowest BCUT2D eigenvalue weighted by atomic mass is 10.0. The summed E-state index contributed by atoms with van der Waals surface area (Å²) in [7, 11) is 0. The number of ether oxygens (including phenoxy) is 1. The highest BCUT2D eigenvalue weighted by atomic mass is 16.5. The fourth-order valence-electron chi connectivity index (χ4n) is 2.10. The van der Waals surface area contributed by atoms with Crippen LogP contribution in [0.3, 0.4) is 0 Å². The van der Waals surface area contributed by atoms with Gasteiger partial charge in [0.1, 0.15) is 5.75 Å². The largest absolute Gasteiger partial charge is 0.494 e. The van der Waals surface area contributed by atoms with Gasteiger partial charge in [-0.15, -0.1) is 0 Å². The van der Waals surface area contributed by atoms with Crippen molar-refractivity contribution in [1.29, 1.82) is 0 Å². The summed E-state index contributed by atoms with van der Waals surface area (Å²) in [6, 6.07) is 7.68. The maximum absolute atomic E-state index is 5.75. The normalized spacial score (nSPS) is 12.3. The molecule has 5 heteroatoms. The average molecular weight is 275 g/mol. The van der Waals surface area contributed by atoms with E-state index in [1.807, 2.05) is 31.2 Å². The SMILES string of the molecule is CCCC(CN)c1nc(-c2cccc(OCC)c2)no1. The second-order valence-corrected chi connectivity index (χ2v) is 4.64. The molecular formula is C15H21N3O2. The average Bonchev–Trinajstić information content (AvgIpc) is 2.95. The molecule has 1 aromatic heterocycles. The topological polar surface area (TPSA) is 74.2 Å². The quantitative estimate of drug-likeness (QED) is 0.840. The van der Waals surface area contributed by atoms with Crippen LogP contribution in [-0.2, 0) is 0 Å². The number of rotatable bonds is 7. The second kappa shape index (κ2) is 7.05. The lowest BCUT2D eigenvalue weighted by molar-refractivity contribution is 0.340. The molecular weight excluding hydrogens is 254 g/mol. The molecule has 0 aliphatic rings. The van der Waals surface area contributed by atoms with E-state index in [0.717, 1.165) is 24.2 Å². The Labute approximate surface area is 119 Å². The number of hydrogen-bond donors (Lipinski definition) is 1. The first-order valence-electron chi connectivity index (χ1n) is 7.05. The predicted molar refractivity (Wildman–Crippen MR) is 77.6 cm³/mol. The molecule has 0 amide bonds. The van der Waals surface area contributed by atoms with Gasteiger partial charge in [0.05, 0.1) is 12.5 Å². The van der Waals surface area contributed by atoms with Crippen molar-refractivity contribution in [2.24, 2.45) is 5.73 Å². The van der Waals surface area contributed by atoms with Gasteiger partial charge in [0.25, 0.3) is 0 Å². The monoisotopic (exact) mass is 275 g/mol. The molecule has 1 atom stereocenters. The lowest BCUT2D eigenvalue weighted by Crippen LogP contribution is -2.12.